The monoisotopic (exact) mass is 373 g/mol. The highest BCUT2D eigenvalue weighted by Crippen LogP contribution is 2.32. The fraction of sp³-hybridized carbons (Fsp3) is 1.00. The predicted octanol–water partition coefficient (Wildman–Crippen LogP) is 2.92. The van der Waals surface area contributed by atoms with E-state index in [0.29, 0.717) is 13.2 Å². The highest BCUT2D eigenvalue weighted by molar-refractivity contribution is 4.95. The minimum absolute atomic E-state index is 0.169. The van der Waals surface area contributed by atoms with Crippen molar-refractivity contribution < 1.29 is 24.1 Å². The normalized spacial score (nSPS) is 30.0. The van der Waals surface area contributed by atoms with E-state index in [-0.39, 0.29) is 18.2 Å². The Bertz CT molecular complexity index is 418. The second-order valence-electron chi connectivity index (χ2n) is 8.46. The molecule has 2 heterocycles. The molecule has 154 valence electrons. The molecule has 0 amide bonds. The molecule has 0 aromatic heterocycles. The Morgan fingerprint density at radius 2 is 1.35 bits per heavy atom. The summed E-state index contributed by atoms with van der Waals surface area (Å²) in [7, 11) is 0. The van der Waals surface area contributed by atoms with Gasteiger partial charge in [0.2, 0.25) is 0 Å². The zero-order valence-electron chi connectivity index (χ0n) is 17.5. The highest BCUT2D eigenvalue weighted by Gasteiger charge is 2.47. The number of aliphatic hydroxyl groups excluding tert-OH is 1. The molecule has 0 aromatic rings. The Morgan fingerprint density at radius 3 is 1.73 bits per heavy atom. The summed E-state index contributed by atoms with van der Waals surface area (Å²) < 4.78 is 23.6. The number of hydrogen-bond donors (Lipinski definition) is 1. The van der Waals surface area contributed by atoms with E-state index < -0.39 is 17.7 Å². The summed E-state index contributed by atoms with van der Waals surface area (Å²) in [5.74, 6) is -1.27. The lowest BCUT2D eigenvalue weighted by Gasteiger charge is -2.39. The summed E-state index contributed by atoms with van der Waals surface area (Å²) in [5.41, 5.74) is 0. The number of ether oxygens (including phenoxy) is 4. The summed E-state index contributed by atoms with van der Waals surface area (Å²) >= 11 is 0. The van der Waals surface area contributed by atoms with Gasteiger partial charge >= 0.3 is 0 Å². The van der Waals surface area contributed by atoms with E-state index in [2.05, 4.69) is 18.7 Å². The van der Waals surface area contributed by atoms with Crippen molar-refractivity contribution in [2.24, 2.45) is 0 Å². The van der Waals surface area contributed by atoms with Crippen molar-refractivity contribution in [2.75, 3.05) is 26.3 Å². The van der Waals surface area contributed by atoms with Crippen LogP contribution in [0.1, 0.15) is 67.2 Å². The molecule has 0 saturated carbocycles. The van der Waals surface area contributed by atoms with Gasteiger partial charge in [-0.3, -0.25) is 4.90 Å². The maximum atomic E-state index is 11.3. The molecule has 0 aromatic carbocycles. The predicted molar refractivity (Wildman–Crippen MR) is 101 cm³/mol. The van der Waals surface area contributed by atoms with Gasteiger partial charge in [-0.2, -0.15) is 0 Å². The lowest BCUT2D eigenvalue weighted by Crippen LogP contribution is -2.57. The number of hydrogen-bond acceptors (Lipinski definition) is 6. The fourth-order valence-electron chi connectivity index (χ4n) is 3.79. The molecule has 1 N–H and O–H groups in total. The van der Waals surface area contributed by atoms with Crippen LogP contribution in [-0.4, -0.2) is 72.2 Å². The molecule has 2 unspecified atom stereocenters. The Labute approximate surface area is 159 Å². The van der Waals surface area contributed by atoms with Crippen molar-refractivity contribution >= 4 is 0 Å². The van der Waals surface area contributed by atoms with Crippen molar-refractivity contribution in [3.63, 3.8) is 0 Å². The van der Waals surface area contributed by atoms with Crippen LogP contribution < -0.4 is 0 Å². The largest absolute Gasteiger partial charge is 0.389 e. The van der Waals surface area contributed by atoms with E-state index in [1.807, 2.05) is 27.7 Å². The zero-order valence-corrected chi connectivity index (χ0v) is 17.5. The SMILES string of the molecule is CCCCN(CCCC)[C@@H](C1COC(C)(C)O1)[C@H](O)C1COC(C)(C)O1. The van der Waals surface area contributed by atoms with Gasteiger partial charge in [-0.15, -0.1) is 0 Å². The minimum Gasteiger partial charge on any atom is -0.389 e. The molecule has 2 aliphatic heterocycles. The van der Waals surface area contributed by atoms with Crippen LogP contribution in [0.15, 0.2) is 0 Å². The minimum atomic E-state index is -0.687. The van der Waals surface area contributed by atoms with E-state index in [4.69, 9.17) is 18.9 Å². The number of aliphatic hydroxyl groups is 1. The number of rotatable bonds is 10. The van der Waals surface area contributed by atoms with Crippen molar-refractivity contribution in [1.29, 1.82) is 0 Å². The van der Waals surface area contributed by atoms with Crippen LogP contribution in [0.3, 0.4) is 0 Å². The van der Waals surface area contributed by atoms with Gasteiger partial charge in [0.25, 0.3) is 0 Å². The molecule has 2 saturated heterocycles. The summed E-state index contributed by atoms with van der Waals surface area (Å²) in [5, 5.41) is 11.3. The van der Waals surface area contributed by atoms with E-state index >= 15 is 0 Å². The Kier molecular flexibility index (Phi) is 7.89. The first-order chi connectivity index (χ1) is 12.2. The van der Waals surface area contributed by atoms with Crippen molar-refractivity contribution in [3.05, 3.63) is 0 Å². The number of unbranched alkanes of at least 4 members (excludes halogenated alkanes) is 2. The van der Waals surface area contributed by atoms with Gasteiger partial charge in [-0.25, -0.2) is 0 Å². The summed E-state index contributed by atoms with van der Waals surface area (Å²) in [6, 6.07) is -0.169. The molecule has 6 heteroatoms. The number of nitrogens with zero attached hydrogens (tertiary/aromatic N) is 1. The van der Waals surface area contributed by atoms with Gasteiger partial charge in [0.15, 0.2) is 11.6 Å². The fourth-order valence-corrected chi connectivity index (χ4v) is 3.79. The average Bonchev–Trinajstić information content (AvgIpc) is 3.11. The van der Waals surface area contributed by atoms with Crippen LogP contribution >= 0.6 is 0 Å². The van der Waals surface area contributed by atoms with E-state index in [1.165, 1.54) is 0 Å². The molecule has 4 atom stereocenters. The smallest absolute Gasteiger partial charge is 0.163 e. The lowest BCUT2D eigenvalue weighted by atomic mass is 9.97. The summed E-state index contributed by atoms with van der Waals surface area (Å²) in [4.78, 5) is 2.38. The van der Waals surface area contributed by atoms with Gasteiger partial charge in [0.1, 0.15) is 18.3 Å². The first-order valence-electron chi connectivity index (χ1n) is 10.2. The second-order valence-corrected chi connectivity index (χ2v) is 8.46. The molecule has 0 aliphatic carbocycles. The first kappa shape index (κ1) is 22.1. The molecule has 2 fully saturated rings. The standard InChI is InChI=1S/C20H39NO5/c1-7-9-11-21(12-10-8-2)17(15-13-23-19(3,4)25-15)18(22)16-14-24-20(5,6)26-16/h15-18,22H,7-14H2,1-6H3/t15?,16?,17-,18+/m0/s1. The van der Waals surface area contributed by atoms with E-state index in [0.717, 1.165) is 38.8 Å². The average molecular weight is 374 g/mol. The maximum Gasteiger partial charge on any atom is 0.163 e. The molecule has 2 aliphatic rings. The molecule has 0 radical (unpaired) electrons. The van der Waals surface area contributed by atoms with Crippen LogP contribution in [-0.2, 0) is 18.9 Å². The van der Waals surface area contributed by atoms with Crippen molar-refractivity contribution in [3.8, 4) is 0 Å². The van der Waals surface area contributed by atoms with Crippen LogP contribution in [0.4, 0.5) is 0 Å². The van der Waals surface area contributed by atoms with Crippen LogP contribution in [0.2, 0.25) is 0 Å². The van der Waals surface area contributed by atoms with Crippen LogP contribution in [0.25, 0.3) is 0 Å². The van der Waals surface area contributed by atoms with E-state index in [1.54, 1.807) is 0 Å². The Morgan fingerprint density at radius 1 is 0.885 bits per heavy atom. The quantitative estimate of drug-likeness (QED) is 0.635. The molecule has 0 bridgehead atoms. The van der Waals surface area contributed by atoms with Crippen LogP contribution in [0.5, 0.6) is 0 Å². The first-order valence-corrected chi connectivity index (χ1v) is 10.2. The third-order valence-electron chi connectivity index (χ3n) is 5.19. The highest BCUT2D eigenvalue weighted by atomic mass is 16.8. The van der Waals surface area contributed by atoms with Gasteiger partial charge < -0.3 is 24.1 Å². The van der Waals surface area contributed by atoms with Gasteiger partial charge in [-0.1, -0.05) is 26.7 Å². The topological polar surface area (TPSA) is 60.4 Å². The second kappa shape index (κ2) is 9.30. The molecule has 2 rings (SSSR count). The van der Waals surface area contributed by atoms with Gasteiger partial charge in [0.05, 0.1) is 19.3 Å². The molecular formula is C20H39NO5. The lowest BCUT2D eigenvalue weighted by molar-refractivity contribution is -0.175. The van der Waals surface area contributed by atoms with Crippen molar-refractivity contribution in [1.82, 2.24) is 4.90 Å². The maximum absolute atomic E-state index is 11.3. The molecule has 0 spiro atoms. The zero-order chi connectivity index (χ0) is 19.4. The van der Waals surface area contributed by atoms with Crippen molar-refractivity contribution in [2.45, 2.75) is 103 Å². The van der Waals surface area contributed by atoms with Gasteiger partial charge in [0, 0.05) is 0 Å². The third kappa shape index (κ3) is 5.88. The van der Waals surface area contributed by atoms with Crippen LogP contribution in [0, 0.1) is 0 Å². The molecule has 6 nitrogen and oxygen atoms in total. The van der Waals surface area contributed by atoms with Gasteiger partial charge in [-0.05, 0) is 53.6 Å². The summed E-state index contributed by atoms with van der Waals surface area (Å²) in [6.07, 6.45) is 3.21. The third-order valence-corrected chi connectivity index (χ3v) is 5.19. The molecular weight excluding hydrogens is 334 g/mol. The molecule has 26 heavy (non-hydrogen) atoms. The Balaban J connectivity index is 2.18. The summed E-state index contributed by atoms with van der Waals surface area (Å²) in [6.45, 7) is 14.8. The Hall–Kier alpha value is -0.240. The van der Waals surface area contributed by atoms with E-state index in [9.17, 15) is 5.11 Å².